The number of benzene rings is 2. The Morgan fingerprint density at radius 2 is 1.61 bits per heavy atom. The Morgan fingerprint density at radius 3 is 2.21 bits per heavy atom. The van der Waals surface area contributed by atoms with Crippen LogP contribution in [-0.4, -0.2) is 28.8 Å². The predicted octanol–water partition coefficient (Wildman–Crippen LogP) is 4.56. The number of aromatic nitrogens is 1. The zero-order chi connectivity index (χ0) is 18.8. The van der Waals surface area contributed by atoms with Crippen molar-refractivity contribution >= 4 is 30.2 Å². The predicted molar refractivity (Wildman–Crippen MR) is 107 cm³/mol. The zero-order valence-electron chi connectivity index (χ0n) is 14.7. The van der Waals surface area contributed by atoms with E-state index in [2.05, 4.69) is 22.4 Å². The molecule has 6 nitrogen and oxygen atoms in total. The van der Waals surface area contributed by atoms with Crippen LogP contribution < -0.4 is 5.32 Å². The molecule has 1 aliphatic rings. The third kappa shape index (κ3) is 3.54. The lowest BCUT2D eigenvalue weighted by Gasteiger charge is -2.15. The summed E-state index contributed by atoms with van der Waals surface area (Å²) in [5, 5.41) is 11.6. The van der Waals surface area contributed by atoms with E-state index in [1.807, 2.05) is 36.4 Å². The van der Waals surface area contributed by atoms with E-state index in [1.165, 1.54) is 18.5 Å². The van der Waals surface area contributed by atoms with Gasteiger partial charge in [-0.1, -0.05) is 48.5 Å². The minimum absolute atomic E-state index is 0. The Hall–Kier alpha value is -3.38. The molecule has 1 aliphatic carbocycles. The highest BCUT2D eigenvalue weighted by Crippen LogP contribution is 2.44. The number of carboxylic acids is 1. The minimum atomic E-state index is -1.15. The molecule has 0 radical (unpaired) electrons. The number of halogens is 1. The smallest absolute Gasteiger partial charge is 0.411 e. The number of pyridine rings is 1. The van der Waals surface area contributed by atoms with Gasteiger partial charge in [0.15, 0.2) is 0 Å². The van der Waals surface area contributed by atoms with Gasteiger partial charge in [0, 0.05) is 12.1 Å². The number of aromatic carboxylic acids is 1. The van der Waals surface area contributed by atoms with E-state index in [0.717, 1.165) is 22.3 Å². The van der Waals surface area contributed by atoms with Crippen LogP contribution in [0.2, 0.25) is 0 Å². The quantitative estimate of drug-likeness (QED) is 0.674. The molecule has 142 valence electrons. The number of hydrogen-bond donors (Lipinski definition) is 2. The Labute approximate surface area is 167 Å². The molecule has 1 amide bonds. The van der Waals surface area contributed by atoms with E-state index < -0.39 is 12.1 Å². The van der Waals surface area contributed by atoms with Crippen molar-refractivity contribution in [3.63, 3.8) is 0 Å². The van der Waals surface area contributed by atoms with Crippen LogP contribution in [0.1, 0.15) is 27.4 Å². The van der Waals surface area contributed by atoms with Crippen LogP contribution >= 0.6 is 12.4 Å². The van der Waals surface area contributed by atoms with Crippen molar-refractivity contribution < 1.29 is 19.4 Å². The summed E-state index contributed by atoms with van der Waals surface area (Å²) in [6.45, 7) is 0.155. The second-order valence-corrected chi connectivity index (χ2v) is 6.18. The number of fused-ring (bicyclic) bond motifs is 3. The summed E-state index contributed by atoms with van der Waals surface area (Å²) in [5.41, 5.74) is 4.56. The van der Waals surface area contributed by atoms with Crippen LogP contribution in [0.4, 0.5) is 10.5 Å². The van der Waals surface area contributed by atoms with Crippen molar-refractivity contribution in [2.24, 2.45) is 0 Å². The Kier molecular flexibility index (Phi) is 5.61. The van der Waals surface area contributed by atoms with Crippen LogP contribution in [-0.2, 0) is 4.74 Å². The molecule has 0 saturated carbocycles. The molecule has 4 rings (SSSR count). The summed E-state index contributed by atoms with van der Waals surface area (Å²) < 4.78 is 5.41. The SMILES string of the molecule is Cl.O=C(Nc1cnccc1C(=O)O)OCC1c2ccccc2-c2ccccc21. The molecule has 0 spiro atoms. The van der Waals surface area contributed by atoms with Crippen molar-refractivity contribution in [3.05, 3.63) is 83.7 Å². The van der Waals surface area contributed by atoms with Gasteiger partial charge in [0.25, 0.3) is 0 Å². The van der Waals surface area contributed by atoms with Crippen LogP contribution in [0.15, 0.2) is 67.0 Å². The monoisotopic (exact) mass is 396 g/mol. The highest BCUT2D eigenvalue weighted by molar-refractivity contribution is 5.98. The largest absolute Gasteiger partial charge is 0.478 e. The number of carboxylic acid groups (broad SMARTS) is 1. The van der Waals surface area contributed by atoms with Crippen LogP contribution in [0.25, 0.3) is 11.1 Å². The number of ether oxygens (including phenoxy) is 1. The molecule has 7 heteroatoms. The number of carbonyl (C=O) groups is 2. The van der Waals surface area contributed by atoms with Gasteiger partial charge in [-0.05, 0) is 28.3 Å². The number of nitrogens with zero attached hydrogens (tertiary/aromatic N) is 1. The van der Waals surface area contributed by atoms with Crippen molar-refractivity contribution in [3.8, 4) is 11.1 Å². The Morgan fingerprint density at radius 1 is 1.00 bits per heavy atom. The molecule has 0 fully saturated rings. The Balaban J connectivity index is 0.00000225. The van der Waals surface area contributed by atoms with Gasteiger partial charge in [-0.2, -0.15) is 0 Å². The molecule has 0 unspecified atom stereocenters. The second kappa shape index (κ2) is 8.10. The summed E-state index contributed by atoms with van der Waals surface area (Å²) in [4.78, 5) is 27.3. The van der Waals surface area contributed by atoms with Gasteiger partial charge in [-0.3, -0.25) is 10.3 Å². The van der Waals surface area contributed by atoms with Crippen molar-refractivity contribution in [2.45, 2.75) is 5.92 Å². The van der Waals surface area contributed by atoms with Gasteiger partial charge in [-0.15, -0.1) is 12.4 Å². The summed E-state index contributed by atoms with van der Waals surface area (Å²) >= 11 is 0. The average molecular weight is 397 g/mol. The number of hydrogen-bond acceptors (Lipinski definition) is 4. The van der Waals surface area contributed by atoms with E-state index in [9.17, 15) is 14.7 Å². The molecule has 0 bridgehead atoms. The molecule has 1 aromatic heterocycles. The van der Waals surface area contributed by atoms with Crippen molar-refractivity contribution in [1.29, 1.82) is 0 Å². The minimum Gasteiger partial charge on any atom is -0.478 e. The molecule has 0 aliphatic heterocycles. The van der Waals surface area contributed by atoms with E-state index >= 15 is 0 Å². The van der Waals surface area contributed by atoms with Crippen LogP contribution in [0.5, 0.6) is 0 Å². The molecule has 0 atom stereocenters. The third-order valence-corrected chi connectivity index (χ3v) is 4.63. The molecule has 2 N–H and O–H groups in total. The highest BCUT2D eigenvalue weighted by atomic mass is 35.5. The van der Waals surface area contributed by atoms with Gasteiger partial charge < -0.3 is 9.84 Å². The fraction of sp³-hybridized carbons (Fsp3) is 0.0952. The van der Waals surface area contributed by atoms with Gasteiger partial charge in [0.2, 0.25) is 0 Å². The second-order valence-electron chi connectivity index (χ2n) is 6.18. The number of amides is 1. The lowest BCUT2D eigenvalue weighted by molar-refractivity contribution is 0.0698. The molecular weight excluding hydrogens is 380 g/mol. The normalized spacial score (nSPS) is 11.7. The maximum absolute atomic E-state index is 12.2. The fourth-order valence-electron chi connectivity index (χ4n) is 3.43. The van der Waals surface area contributed by atoms with Gasteiger partial charge in [-0.25, -0.2) is 9.59 Å². The summed E-state index contributed by atoms with van der Waals surface area (Å²) in [5.74, 6) is -1.21. The van der Waals surface area contributed by atoms with Gasteiger partial charge in [0.05, 0.1) is 17.4 Å². The van der Waals surface area contributed by atoms with E-state index in [-0.39, 0.29) is 36.2 Å². The molecule has 0 saturated heterocycles. The maximum Gasteiger partial charge on any atom is 0.411 e. The lowest BCUT2D eigenvalue weighted by atomic mass is 9.98. The van der Waals surface area contributed by atoms with Crippen molar-refractivity contribution in [1.82, 2.24) is 4.98 Å². The standard InChI is InChI=1S/C21H16N2O4.ClH/c24-20(25)17-9-10-22-11-19(17)23-21(26)27-12-18-15-7-3-1-5-13(15)14-6-2-4-8-16(14)18;/h1-11,18H,12H2,(H,23,26)(H,24,25);1H. The van der Waals surface area contributed by atoms with Crippen LogP contribution in [0.3, 0.4) is 0 Å². The molecule has 2 aromatic carbocycles. The van der Waals surface area contributed by atoms with Crippen LogP contribution in [0, 0.1) is 0 Å². The first-order valence-corrected chi connectivity index (χ1v) is 8.44. The fourth-order valence-corrected chi connectivity index (χ4v) is 3.43. The van der Waals surface area contributed by atoms with Gasteiger partial charge >= 0.3 is 12.1 Å². The summed E-state index contributed by atoms with van der Waals surface area (Å²) in [7, 11) is 0. The summed E-state index contributed by atoms with van der Waals surface area (Å²) in [6.07, 6.45) is 1.92. The molecule has 3 aromatic rings. The number of anilines is 1. The maximum atomic E-state index is 12.2. The first-order valence-electron chi connectivity index (χ1n) is 8.44. The zero-order valence-corrected chi connectivity index (χ0v) is 15.5. The van der Waals surface area contributed by atoms with E-state index in [1.54, 1.807) is 0 Å². The average Bonchev–Trinajstić information content (AvgIpc) is 3.00. The number of carbonyl (C=O) groups excluding carboxylic acids is 1. The highest BCUT2D eigenvalue weighted by Gasteiger charge is 2.29. The van der Waals surface area contributed by atoms with E-state index in [4.69, 9.17) is 4.74 Å². The molecular formula is C21H17ClN2O4. The molecule has 1 heterocycles. The molecule has 28 heavy (non-hydrogen) atoms. The van der Waals surface area contributed by atoms with Crippen molar-refractivity contribution in [2.75, 3.05) is 11.9 Å². The van der Waals surface area contributed by atoms with E-state index in [0.29, 0.717) is 0 Å². The number of nitrogens with one attached hydrogen (secondary N) is 1. The first kappa shape index (κ1) is 19.4. The number of rotatable bonds is 4. The third-order valence-electron chi connectivity index (χ3n) is 4.63. The lowest BCUT2D eigenvalue weighted by Crippen LogP contribution is -2.19. The summed E-state index contributed by atoms with van der Waals surface area (Å²) in [6, 6.07) is 17.4. The first-order chi connectivity index (χ1) is 13.1. The van der Waals surface area contributed by atoms with Gasteiger partial charge in [0.1, 0.15) is 6.61 Å². The topological polar surface area (TPSA) is 88.5 Å². The Bertz CT molecular complexity index is 993.